The maximum atomic E-state index is 13.2. The molecule has 1 amide bonds. The van der Waals surface area contributed by atoms with Crippen molar-refractivity contribution in [1.82, 2.24) is 4.90 Å². The van der Waals surface area contributed by atoms with Gasteiger partial charge in [-0.3, -0.25) is 4.79 Å². The van der Waals surface area contributed by atoms with Crippen LogP contribution in [-0.4, -0.2) is 31.0 Å². The fraction of sp³-hybridized carbons (Fsp3) is 0.417. The van der Waals surface area contributed by atoms with Gasteiger partial charge in [0, 0.05) is 19.7 Å². The van der Waals surface area contributed by atoms with Gasteiger partial charge in [0.25, 0.3) is 5.91 Å². The Hall–Kier alpha value is -1.58. The topological polar surface area (TPSA) is 29.5 Å². The minimum Gasteiger partial charge on any atom is -0.484 e. The van der Waals surface area contributed by atoms with Gasteiger partial charge >= 0.3 is 0 Å². The molecule has 0 unspecified atom stereocenters. The van der Waals surface area contributed by atoms with Crippen molar-refractivity contribution in [3.63, 3.8) is 0 Å². The number of likely N-dealkylation sites (N-methyl/N-ethyl adjacent to an activating group) is 1. The second kappa shape index (κ2) is 5.49. The molecule has 88 valence electrons. The molecule has 0 saturated carbocycles. The molecule has 16 heavy (non-hydrogen) atoms. The van der Waals surface area contributed by atoms with Gasteiger partial charge < -0.3 is 9.64 Å². The van der Waals surface area contributed by atoms with Crippen LogP contribution in [0.3, 0.4) is 0 Å². The zero-order chi connectivity index (χ0) is 12.1. The second-order valence-corrected chi connectivity index (χ2v) is 3.61. The Kier molecular flexibility index (Phi) is 4.28. The number of hydrogen-bond donors (Lipinski definition) is 0. The number of ether oxygens (including phenoxy) is 1. The largest absolute Gasteiger partial charge is 0.484 e. The van der Waals surface area contributed by atoms with Crippen LogP contribution in [0.4, 0.5) is 4.39 Å². The van der Waals surface area contributed by atoms with Crippen LogP contribution in [0.5, 0.6) is 5.75 Å². The minimum absolute atomic E-state index is 0.0627. The first-order chi connectivity index (χ1) is 7.54. The van der Waals surface area contributed by atoms with E-state index < -0.39 is 0 Å². The van der Waals surface area contributed by atoms with Gasteiger partial charge in [0.1, 0.15) is 11.6 Å². The lowest BCUT2D eigenvalue weighted by Crippen LogP contribution is -2.31. The highest BCUT2D eigenvalue weighted by atomic mass is 19.1. The Morgan fingerprint density at radius 2 is 2.19 bits per heavy atom. The molecule has 0 heterocycles. The van der Waals surface area contributed by atoms with Gasteiger partial charge in [-0.2, -0.15) is 0 Å². The van der Waals surface area contributed by atoms with E-state index in [1.54, 1.807) is 31.0 Å². The molecule has 0 atom stereocenters. The molecular formula is C12H16FNO2. The fourth-order valence-corrected chi connectivity index (χ4v) is 1.09. The van der Waals surface area contributed by atoms with Crippen LogP contribution in [0.15, 0.2) is 18.2 Å². The fourth-order valence-electron chi connectivity index (χ4n) is 1.09. The smallest absolute Gasteiger partial charge is 0.260 e. The summed E-state index contributed by atoms with van der Waals surface area (Å²) in [7, 11) is 1.70. The number of aryl methyl sites for hydroxylation is 1. The van der Waals surface area contributed by atoms with E-state index in [2.05, 4.69) is 0 Å². The van der Waals surface area contributed by atoms with Crippen LogP contribution in [0.25, 0.3) is 0 Å². The lowest BCUT2D eigenvalue weighted by Gasteiger charge is -2.14. The van der Waals surface area contributed by atoms with E-state index in [1.165, 1.54) is 6.07 Å². The predicted molar refractivity (Wildman–Crippen MR) is 59.9 cm³/mol. The summed E-state index contributed by atoms with van der Waals surface area (Å²) in [6.45, 7) is 4.12. The lowest BCUT2D eigenvalue weighted by molar-refractivity contribution is -0.131. The highest BCUT2D eigenvalue weighted by Gasteiger charge is 2.07. The highest BCUT2D eigenvalue weighted by molar-refractivity contribution is 5.77. The van der Waals surface area contributed by atoms with Gasteiger partial charge in [0.05, 0.1) is 0 Å². The number of carbonyl (C=O) groups is 1. The molecule has 0 fully saturated rings. The Labute approximate surface area is 94.8 Å². The average molecular weight is 225 g/mol. The Balaban J connectivity index is 2.55. The number of carbonyl (C=O) groups excluding carboxylic acids is 1. The third kappa shape index (κ3) is 3.22. The highest BCUT2D eigenvalue weighted by Crippen LogP contribution is 2.15. The standard InChI is InChI=1S/C12H16FNO2/c1-4-14(3)12(15)8-16-10-6-5-9(2)11(13)7-10/h5-7H,4,8H2,1-3H3. The third-order valence-electron chi connectivity index (χ3n) is 2.41. The van der Waals surface area contributed by atoms with Crippen LogP contribution in [0, 0.1) is 12.7 Å². The normalized spacial score (nSPS) is 10.0. The van der Waals surface area contributed by atoms with Gasteiger partial charge in [-0.1, -0.05) is 6.07 Å². The monoisotopic (exact) mass is 225 g/mol. The molecule has 3 nitrogen and oxygen atoms in total. The van der Waals surface area contributed by atoms with E-state index in [0.29, 0.717) is 17.9 Å². The molecule has 0 aliphatic rings. The SMILES string of the molecule is CCN(C)C(=O)COc1ccc(C)c(F)c1. The summed E-state index contributed by atoms with van der Waals surface area (Å²) < 4.78 is 18.3. The van der Waals surface area contributed by atoms with E-state index in [0.717, 1.165) is 0 Å². The van der Waals surface area contributed by atoms with Gasteiger partial charge in [-0.25, -0.2) is 4.39 Å². The first-order valence-electron chi connectivity index (χ1n) is 5.17. The van der Waals surface area contributed by atoms with E-state index in [1.807, 2.05) is 6.92 Å². The number of benzene rings is 1. The van der Waals surface area contributed by atoms with E-state index >= 15 is 0 Å². The van der Waals surface area contributed by atoms with Crippen LogP contribution in [0.2, 0.25) is 0 Å². The maximum Gasteiger partial charge on any atom is 0.260 e. The zero-order valence-corrected chi connectivity index (χ0v) is 9.79. The van der Waals surface area contributed by atoms with Crippen LogP contribution < -0.4 is 4.74 Å². The summed E-state index contributed by atoms with van der Waals surface area (Å²) in [5, 5.41) is 0. The number of amides is 1. The van der Waals surface area contributed by atoms with Crippen molar-refractivity contribution >= 4 is 5.91 Å². The average Bonchev–Trinajstić information content (AvgIpc) is 2.29. The van der Waals surface area contributed by atoms with E-state index in [4.69, 9.17) is 4.74 Å². The quantitative estimate of drug-likeness (QED) is 0.784. The molecule has 4 heteroatoms. The molecule has 0 saturated heterocycles. The molecule has 1 aromatic rings. The van der Waals surface area contributed by atoms with Crippen molar-refractivity contribution in [2.45, 2.75) is 13.8 Å². The summed E-state index contributed by atoms with van der Waals surface area (Å²) in [5.74, 6) is -0.0711. The van der Waals surface area contributed by atoms with Crippen LogP contribution >= 0.6 is 0 Å². The van der Waals surface area contributed by atoms with Crippen molar-refractivity contribution in [2.75, 3.05) is 20.2 Å². The molecule has 0 aliphatic carbocycles. The molecular weight excluding hydrogens is 209 g/mol. The third-order valence-corrected chi connectivity index (χ3v) is 2.41. The summed E-state index contributed by atoms with van der Waals surface area (Å²) in [6.07, 6.45) is 0. The summed E-state index contributed by atoms with van der Waals surface area (Å²) in [4.78, 5) is 13.0. The molecule has 0 N–H and O–H groups in total. The van der Waals surface area contributed by atoms with Crippen LogP contribution in [0.1, 0.15) is 12.5 Å². The molecule has 0 radical (unpaired) electrons. The molecule has 0 aromatic heterocycles. The molecule has 0 bridgehead atoms. The maximum absolute atomic E-state index is 13.2. The summed E-state index contributed by atoms with van der Waals surface area (Å²) >= 11 is 0. The first kappa shape index (κ1) is 12.5. The van der Waals surface area contributed by atoms with E-state index in [9.17, 15) is 9.18 Å². The van der Waals surface area contributed by atoms with Crippen molar-refractivity contribution in [1.29, 1.82) is 0 Å². The van der Waals surface area contributed by atoms with Crippen molar-refractivity contribution in [2.24, 2.45) is 0 Å². The predicted octanol–water partition coefficient (Wildman–Crippen LogP) is 1.99. The summed E-state index contributed by atoms with van der Waals surface area (Å²) in [6, 6.07) is 4.56. The molecule has 0 aliphatic heterocycles. The van der Waals surface area contributed by atoms with Crippen molar-refractivity contribution < 1.29 is 13.9 Å². The zero-order valence-electron chi connectivity index (χ0n) is 9.79. The number of halogens is 1. The molecule has 0 spiro atoms. The minimum atomic E-state index is -0.325. The summed E-state index contributed by atoms with van der Waals surface area (Å²) in [5.41, 5.74) is 0.560. The lowest BCUT2D eigenvalue weighted by atomic mass is 10.2. The Morgan fingerprint density at radius 1 is 1.50 bits per heavy atom. The van der Waals surface area contributed by atoms with Gasteiger partial charge in [0.15, 0.2) is 6.61 Å². The van der Waals surface area contributed by atoms with Crippen molar-refractivity contribution in [3.05, 3.63) is 29.6 Å². The Bertz CT molecular complexity index is 379. The van der Waals surface area contributed by atoms with Crippen LogP contribution in [-0.2, 0) is 4.79 Å². The van der Waals surface area contributed by atoms with Gasteiger partial charge in [-0.15, -0.1) is 0 Å². The van der Waals surface area contributed by atoms with Gasteiger partial charge in [0.2, 0.25) is 0 Å². The number of rotatable bonds is 4. The number of hydrogen-bond acceptors (Lipinski definition) is 2. The Morgan fingerprint density at radius 3 is 2.75 bits per heavy atom. The van der Waals surface area contributed by atoms with E-state index in [-0.39, 0.29) is 18.3 Å². The van der Waals surface area contributed by atoms with Gasteiger partial charge in [-0.05, 0) is 25.5 Å². The van der Waals surface area contributed by atoms with Crippen molar-refractivity contribution in [3.8, 4) is 5.75 Å². The second-order valence-electron chi connectivity index (χ2n) is 3.61. The first-order valence-corrected chi connectivity index (χ1v) is 5.17. The molecule has 1 rings (SSSR count). The number of nitrogens with zero attached hydrogens (tertiary/aromatic N) is 1. The molecule has 1 aromatic carbocycles.